The normalized spacial score (nSPS) is 14.7. The molecule has 1 heterocycles. The summed E-state index contributed by atoms with van der Waals surface area (Å²) in [5.41, 5.74) is 0. The van der Waals surface area contributed by atoms with E-state index in [9.17, 15) is 29.8 Å². The summed E-state index contributed by atoms with van der Waals surface area (Å²) in [6, 6.07) is 0. The largest absolute Gasteiger partial charge is 0.600 e. The lowest BCUT2D eigenvalue weighted by atomic mass is 10.6. The molecule has 0 bridgehead atoms. The quantitative estimate of drug-likeness (QED) is 0.298. The lowest BCUT2D eigenvalue weighted by Gasteiger charge is -1.92. The van der Waals surface area contributed by atoms with Crippen molar-refractivity contribution < 1.29 is 19.4 Å². The van der Waals surface area contributed by atoms with Crippen molar-refractivity contribution in [2.45, 2.75) is 0 Å². The van der Waals surface area contributed by atoms with Gasteiger partial charge in [-0.3, -0.25) is 40.5 Å². The van der Waals surface area contributed by atoms with Gasteiger partial charge in [-0.2, -0.15) is 0 Å². The van der Waals surface area contributed by atoms with Gasteiger partial charge in [-0.05, 0) is 0 Å². The van der Waals surface area contributed by atoms with Gasteiger partial charge in [0.2, 0.25) is 0 Å². The van der Waals surface area contributed by atoms with Gasteiger partial charge in [-0.1, -0.05) is 0 Å². The first kappa shape index (κ1) is 9.57. The zero-order valence-electron chi connectivity index (χ0n) is 6.34. The average molecular weight is 202 g/mol. The second kappa shape index (κ2) is 3.08. The predicted octanol–water partition coefficient (Wildman–Crippen LogP) is -2.09. The molecule has 2 amide bonds. The third kappa shape index (κ3) is 1.48. The Kier molecular flexibility index (Phi) is 2.11. The van der Waals surface area contributed by atoms with Crippen LogP contribution in [0.2, 0.25) is 0 Å². The molecule has 2 N–H and O–H groups in total. The maximum Gasteiger partial charge on any atom is 0.600 e. The van der Waals surface area contributed by atoms with E-state index < -0.39 is 33.3 Å². The molecule has 0 aromatic rings. The molecule has 0 aromatic heterocycles. The summed E-state index contributed by atoms with van der Waals surface area (Å²) in [6.07, 6.45) is 0. The molecule has 1 aliphatic heterocycles. The van der Waals surface area contributed by atoms with E-state index in [-0.39, 0.29) is 0 Å². The van der Waals surface area contributed by atoms with Gasteiger partial charge in [-0.25, -0.2) is 0 Å². The fraction of sp³-hybridized carbons (Fsp3) is 0. The monoisotopic (exact) mass is 202 g/mol. The lowest BCUT2D eigenvalue weighted by Crippen LogP contribution is -2.23. The highest BCUT2D eigenvalue weighted by Crippen LogP contribution is 2.04. The molecule has 0 aromatic carbocycles. The molecular weight excluding hydrogens is 200 g/mol. The third-order valence-corrected chi connectivity index (χ3v) is 1.25. The smallest absolute Gasteiger partial charge is 0.292 e. The minimum Gasteiger partial charge on any atom is -0.292 e. The SMILES string of the molecule is O=C1NC(=C([N+](=O)[O-])[N+](=O)[O-])NC1=O. The molecular formula is C4H2N4O6. The molecule has 74 valence electrons. The highest BCUT2D eigenvalue weighted by atomic mass is 16.7. The Balaban J connectivity index is 3.15. The van der Waals surface area contributed by atoms with Crippen molar-refractivity contribution in [3.05, 3.63) is 31.9 Å². The van der Waals surface area contributed by atoms with Crippen LogP contribution in [0.25, 0.3) is 0 Å². The van der Waals surface area contributed by atoms with Gasteiger partial charge in [0, 0.05) is 0 Å². The Morgan fingerprint density at radius 1 is 1.00 bits per heavy atom. The molecule has 0 radical (unpaired) electrons. The molecule has 0 atom stereocenters. The van der Waals surface area contributed by atoms with Gasteiger partial charge < -0.3 is 0 Å². The molecule has 0 aliphatic carbocycles. The van der Waals surface area contributed by atoms with E-state index in [1.807, 2.05) is 0 Å². The van der Waals surface area contributed by atoms with Gasteiger partial charge in [0.05, 0.1) is 0 Å². The molecule has 1 aliphatic rings. The maximum atomic E-state index is 10.5. The van der Waals surface area contributed by atoms with E-state index in [0.717, 1.165) is 0 Å². The van der Waals surface area contributed by atoms with E-state index in [4.69, 9.17) is 0 Å². The van der Waals surface area contributed by atoms with Crippen LogP contribution in [0.15, 0.2) is 11.6 Å². The van der Waals surface area contributed by atoms with Crippen LogP contribution < -0.4 is 10.6 Å². The minimum atomic E-state index is -1.48. The minimum absolute atomic E-state index is 0.824. The molecule has 1 rings (SSSR count). The van der Waals surface area contributed by atoms with E-state index in [1.54, 1.807) is 10.6 Å². The van der Waals surface area contributed by atoms with Crippen molar-refractivity contribution in [3.8, 4) is 0 Å². The Labute approximate surface area is 74.9 Å². The molecule has 14 heavy (non-hydrogen) atoms. The number of carbonyl (C=O) groups excluding carboxylic acids is 2. The van der Waals surface area contributed by atoms with Crippen LogP contribution in [0.5, 0.6) is 0 Å². The fourth-order valence-electron chi connectivity index (χ4n) is 0.733. The summed E-state index contributed by atoms with van der Waals surface area (Å²) in [4.78, 5) is 38.7. The standard InChI is InChI=1S/C4H2N4O6/c9-2-3(10)6-1(5-2)4(7(11)12)8(13)14/h(H,5,9)(H,6,10). The summed E-state index contributed by atoms with van der Waals surface area (Å²) < 4.78 is 0. The topological polar surface area (TPSA) is 144 Å². The van der Waals surface area contributed by atoms with E-state index in [1.165, 1.54) is 0 Å². The first-order valence-electron chi connectivity index (χ1n) is 3.09. The zero-order chi connectivity index (χ0) is 10.9. The lowest BCUT2D eigenvalue weighted by molar-refractivity contribution is -0.617. The van der Waals surface area contributed by atoms with Gasteiger partial charge in [-0.15, -0.1) is 0 Å². The van der Waals surface area contributed by atoms with Crippen molar-refractivity contribution in [2.24, 2.45) is 0 Å². The van der Waals surface area contributed by atoms with Crippen molar-refractivity contribution in [1.29, 1.82) is 0 Å². The van der Waals surface area contributed by atoms with Crippen LogP contribution in [0.1, 0.15) is 0 Å². The summed E-state index contributed by atoms with van der Waals surface area (Å²) >= 11 is 0. The summed E-state index contributed by atoms with van der Waals surface area (Å²) in [7, 11) is 0. The number of hydrogen-bond acceptors (Lipinski definition) is 6. The second-order valence-corrected chi connectivity index (χ2v) is 2.12. The fourth-order valence-corrected chi connectivity index (χ4v) is 0.733. The summed E-state index contributed by atoms with van der Waals surface area (Å²) in [5.74, 6) is -4.67. The Bertz CT molecular complexity index is 349. The van der Waals surface area contributed by atoms with Crippen molar-refractivity contribution in [2.75, 3.05) is 0 Å². The predicted molar refractivity (Wildman–Crippen MR) is 37.3 cm³/mol. The third-order valence-electron chi connectivity index (χ3n) is 1.25. The molecule has 1 fully saturated rings. The van der Waals surface area contributed by atoms with Crippen molar-refractivity contribution in [3.63, 3.8) is 0 Å². The van der Waals surface area contributed by atoms with Gasteiger partial charge in [0.15, 0.2) is 0 Å². The second-order valence-electron chi connectivity index (χ2n) is 2.12. The van der Waals surface area contributed by atoms with Crippen molar-refractivity contribution in [1.82, 2.24) is 10.6 Å². The van der Waals surface area contributed by atoms with Crippen molar-refractivity contribution >= 4 is 11.8 Å². The number of carbonyl (C=O) groups is 2. The number of rotatable bonds is 2. The molecule has 0 unspecified atom stereocenters. The Morgan fingerprint density at radius 3 is 1.64 bits per heavy atom. The van der Waals surface area contributed by atoms with E-state index >= 15 is 0 Å². The number of hydrogen-bond donors (Lipinski definition) is 2. The molecule has 10 heteroatoms. The number of nitrogens with one attached hydrogen (secondary N) is 2. The number of amides is 2. The molecule has 0 saturated carbocycles. The first-order valence-corrected chi connectivity index (χ1v) is 3.09. The van der Waals surface area contributed by atoms with Crippen LogP contribution >= 0.6 is 0 Å². The van der Waals surface area contributed by atoms with Crippen LogP contribution in [0.3, 0.4) is 0 Å². The molecule has 1 saturated heterocycles. The molecule has 0 spiro atoms. The van der Waals surface area contributed by atoms with Gasteiger partial charge in [0.1, 0.15) is 9.85 Å². The Hall–Kier alpha value is -2.52. The first-order chi connectivity index (χ1) is 6.43. The van der Waals surface area contributed by atoms with E-state index in [2.05, 4.69) is 0 Å². The highest BCUT2D eigenvalue weighted by molar-refractivity contribution is 6.38. The summed E-state index contributed by atoms with van der Waals surface area (Å²) in [6.45, 7) is 0. The van der Waals surface area contributed by atoms with Crippen LogP contribution in [-0.4, -0.2) is 21.7 Å². The van der Waals surface area contributed by atoms with Gasteiger partial charge in [0.25, 0.3) is 5.82 Å². The number of nitrogens with zero attached hydrogens (tertiary/aromatic N) is 2. The summed E-state index contributed by atoms with van der Waals surface area (Å²) in [5, 5.41) is 23.6. The number of nitro groups is 2. The van der Waals surface area contributed by atoms with Gasteiger partial charge >= 0.3 is 17.6 Å². The molecule has 10 nitrogen and oxygen atoms in total. The Morgan fingerprint density at radius 2 is 1.36 bits per heavy atom. The zero-order valence-corrected chi connectivity index (χ0v) is 6.34. The average Bonchev–Trinajstić information content (AvgIpc) is 2.29. The maximum absolute atomic E-state index is 10.5. The van der Waals surface area contributed by atoms with Crippen LogP contribution in [0.4, 0.5) is 0 Å². The van der Waals surface area contributed by atoms with Crippen LogP contribution in [-0.2, 0) is 9.59 Å². The van der Waals surface area contributed by atoms with Crippen LogP contribution in [0, 0.1) is 20.2 Å². The highest BCUT2D eigenvalue weighted by Gasteiger charge is 2.40. The van der Waals surface area contributed by atoms with E-state index in [0.29, 0.717) is 0 Å².